The number of methoxy groups -OCH3 is 1. The Labute approximate surface area is 348 Å². The number of likely N-dealkylation sites (tertiary alicyclic amines) is 1. The molecule has 4 fully saturated rings. The first kappa shape index (κ1) is 42.2. The van der Waals surface area contributed by atoms with Gasteiger partial charge in [0.2, 0.25) is 5.91 Å². The molecule has 59 heavy (non-hydrogen) atoms. The largest absolute Gasteiger partial charge is 0.488 e. The summed E-state index contributed by atoms with van der Waals surface area (Å²) in [7, 11) is 1.29. The van der Waals surface area contributed by atoms with Crippen LogP contribution in [0.4, 0.5) is 6.01 Å². The van der Waals surface area contributed by atoms with E-state index in [1.54, 1.807) is 24.3 Å². The molecule has 1 amide bonds. The fraction of sp³-hybridized carbons (Fsp3) is 0.568. The standard InChI is InChI=1S/C44H53ClN4O10/c1-8-26-19-44(26,41(54)55-7)20-34(51)33-16-28(21-49(33)40(53)30(43(4,5)6)17-37(52)59-27-14-24-13-25(24)15-27)58-36-18-31(32-22-57-42(48-32)46-23(2)3)47-39-29(36)9-10-35(38(39)45)56-12-11-50/h8-11,18,22-28,30,33H,1,12-17,19-21H2,2-7H3,(H,46,48)/t24-,25+,26-,27?,28-,30-,33+,44?/m1/s1. The molecule has 316 valence electrons. The molecule has 1 aliphatic heterocycles. The van der Waals surface area contributed by atoms with Crippen LogP contribution in [0.3, 0.4) is 0 Å². The quantitative estimate of drug-likeness (QED) is 0.0836. The second-order valence-corrected chi connectivity index (χ2v) is 18.3. The number of oxazole rings is 1. The third-order valence-corrected chi connectivity index (χ3v) is 12.6. The van der Waals surface area contributed by atoms with Crippen molar-refractivity contribution < 1.29 is 47.3 Å². The Morgan fingerprint density at radius 2 is 1.81 bits per heavy atom. The lowest BCUT2D eigenvalue weighted by molar-refractivity contribution is -0.157. The van der Waals surface area contributed by atoms with Crippen LogP contribution in [0.15, 0.2) is 41.5 Å². The first-order chi connectivity index (χ1) is 28.0. The van der Waals surface area contributed by atoms with Gasteiger partial charge in [-0.25, -0.2) is 4.98 Å². The Balaban J connectivity index is 1.22. The Morgan fingerprint density at radius 1 is 1.07 bits per heavy atom. The van der Waals surface area contributed by atoms with Crippen LogP contribution < -0.4 is 14.8 Å². The topological polar surface area (TPSA) is 176 Å². The molecular weight excluding hydrogens is 780 g/mol. The molecule has 3 saturated carbocycles. The van der Waals surface area contributed by atoms with Crippen molar-refractivity contribution in [1.29, 1.82) is 0 Å². The van der Waals surface area contributed by atoms with E-state index in [9.17, 15) is 24.0 Å². The highest BCUT2D eigenvalue weighted by atomic mass is 35.5. The van der Waals surface area contributed by atoms with Crippen molar-refractivity contribution in [2.75, 3.05) is 25.6 Å². The molecule has 14 nitrogen and oxygen atoms in total. The molecule has 7 rings (SSSR count). The molecule has 3 heterocycles. The van der Waals surface area contributed by atoms with Gasteiger partial charge in [-0.2, -0.15) is 4.98 Å². The normalized spacial score (nSPS) is 26.2. The minimum atomic E-state index is -1.06. The molecule has 2 aromatic heterocycles. The van der Waals surface area contributed by atoms with Gasteiger partial charge in [-0.3, -0.25) is 24.0 Å². The minimum absolute atomic E-state index is 0.0127. The van der Waals surface area contributed by atoms with Crippen LogP contribution >= 0.6 is 11.6 Å². The zero-order valence-corrected chi connectivity index (χ0v) is 35.2. The van der Waals surface area contributed by atoms with Gasteiger partial charge in [0.15, 0.2) is 12.1 Å². The van der Waals surface area contributed by atoms with E-state index in [0.29, 0.717) is 52.6 Å². The number of carbonyl (C=O) groups excluding carboxylic acids is 5. The number of aromatic nitrogens is 2. The number of halogens is 1. The van der Waals surface area contributed by atoms with E-state index in [0.717, 1.165) is 12.8 Å². The van der Waals surface area contributed by atoms with E-state index in [1.807, 2.05) is 34.6 Å². The molecule has 1 N–H and O–H groups in total. The van der Waals surface area contributed by atoms with Crippen LogP contribution in [-0.4, -0.2) is 89.3 Å². The maximum atomic E-state index is 14.8. The number of rotatable bonds is 17. The van der Waals surface area contributed by atoms with Gasteiger partial charge >= 0.3 is 11.9 Å². The van der Waals surface area contributed by atoms with Gasteiger partial charge in [0, 0.05) is 30.3 Å². The molecule has 3 aromatic rings. The summed E-state index contributed by atoms with van der Waals surface area (Å²) in [6, 6.07) is 4.37. The number of carbonyl (C=O) groups is 5. The van der Waals surface area contributed by atoms with E-state index >= 15 is 0 Å². The fourth-order valence-corrected chi connectivity index (χ4v) is 9.16. The van der Waals surface area contributed by atoms with E-state index in [1.165, 1.54) is 24.7 Å². The molecule has 0 spiro atoms. The van der Waals surface area contributed by atoms with E-state index in [-0.39, 0.29) is 79.0 Å². The molecule has 15 heteroatoms. The van der Waals surface area contributed by atoms with Gasteiger partial charge in [-0.15, -0.1) is 6.58 Å². The van der Waals surface area contributed by atoms with E-state index in [2.05, 4.69) is 16.9 Å². The van der Waals surface area contributed by atoms with Gasteiger partial charge < -0.3 is 33.6 Å². The Morgan fingerprint density at radius 3 is 2.46 bits per heavy atom. The van der Waals surface area contributed by atoms with E-state index in [4.69, 9.17) is 39.9 Å². The summed E-state index contributed by atoms with van der Waals surface area (Å²) in [5.74, 6) is -0.838. The number of fused-ring (bicyclic) bond motifs is 2. The van der Waals surface area contributed by atoms with Crippen LogP contribution in [-0.2, 0) is 33.4 Å². The first-order valence-electron chi connectivity index (χ1n) is 20.4. The summed E-state index contributed by atoms with van der Waals surface area (Å²) in [6.45, 7) is 13.2. The number of ether oxygens (including phenoxy) is 4. The number of hydrogen-bond acceptors (Lipinski definition) is 13. The van der Waals surface area contributed by atoms with Gasteiger partial charge in [-0.1, -0.05) is 38.4 Å². The molecule has 1 saturated heterocycles. The molecule has 4 aliphatic rings. The lowest BCUT2D eigenvalue weighted by Crippen LogP contribution is -2.48. The van der Waals surface area contributed by atoms with Crippen molar-refractivity contribution in [3.8, 4) is 22.9 Å². The second kappa shape index (κ2) is 16.6. The number of esters is 2. The molecule has 3 aliphatic carbocycles. The third kappa shape index (κ3) is 8.83. The molecule has 2 unspecified atom stereocenters. The monoisotopic (exact) mass is 832 g/mol. The number of Topliss-reactive ketones (excluding diaryl/α,β-unsaturated/α-hetero) is 1. The summed E-state index contributed by atoms with van der Waals surface area (Å²) >= 11 is 6.84. The van der Waals surface area contributed by atoms with Crippen LogP contribution in [0, 0.1) is 34.5 Å². The average molecular weight is 833 g/mol. The number of nitrogens with zero attached hydrogens (tertiary/aromatic N) is 3. The van der Waals surface area contributed by atoms with Gasteiger partial charge in [0.05, 0.1) is 48.7 Å². The lowest BCUT2D eigenvalue weighted by atomic mass is 9.77. The third-order valence-electron chi connectivity index (χ3n) is 12.3. The van der Waals surface area contributed by atoms with Gasteiger partial charge in [0.25, 0.3) is 6.01 Å². The zero-order valence-electron chi connectivity index (χ0n) is 34.5. The second-order valence-electron chi connectivity index (χ2n) is 17.9. The summed E-state index contributed by atoms with van der Waals surface area (Å²) in [5.41, 5.74) is -0.687. The number of allylic oxidation sites excluding steroid dienone is 1. The van der Waals surface area contributed by atoms with Crippen molar-refractivity contribution in [2.45, 2.75) is 104 Å². The molecule has 0 radical (unpaired) electrons. The van der Waals surface area contributed by atoms with Crippen molar-refractivity contribution in [3.63, 3.8) is 0 Å². The number of hydrogen-bond donors (Lipinski definition) is 1. The first-order valence-corrected chi connectivity index (χ1v) is 20.7. The van der Waals surface area contributed by atoms with Gasteiger partial charge in [-0.05, 0) is 74.8 Å². The predicted octanol–water partition coefficient (Wildman–Crippen LogP) is 7.01. The number of anilines is 1. The number of ketones is 1. The molecular formula is C44H53ClN4O10. The molecule has 8 atom stereocenters. The molecule has 0 bridgehead atoms. The number of aldehydes is 1. The van der Waals surface area contributed by atoms with Crippen molar-refractivity contribution >= 4 is 58.4 Å². The van der Waals surface area contributed by atoms with E-state index < -0.39 is 40.8 Å². The fourth-order valence-electron chi connectivity index (χ4n) is 8.89. The van der Waals surface area contributed by atoms with Crippen LogP contribution in [0.2, 0.25) is 5.02 Å². The Hall–Kier alpha value is -4.98. The highest BCUT2D eigenvalue weighted by molar-refractivity contribution is 6.36. The number of nitrogens with one attached hydrogen (secondary N) is 1. The maximum absolute atomic E-state index is 14.8. The highest BCUT2D eigenvalue weighted by Crippen LogP contribution is 2.57. The number of pyridine rings is 1. The van der Waals surface area contributed by atoms with Crippen molar-refractivity contribution in [3.05, 3.63) is 42.1 Å². The van der Waals surface area contributed by atoms with Crippen molar-refractivity contribution in [2.24, 2.45) is 34.5 Å². The number of benzene rings is 1. The van der Waals surface area contributed by atoms with Crippen LogP contribution in [0.1, 0.15) is 79.6 Å². The Kier molecular flexibility index (Phi) is 11.8. The molecule has 1 aromatic carbocycles. The predicted molar refractivity (Wildman–Crippen MR) is 218 cm³/mol. The van der Waals surface area contributed by atoms with Crippen molar-refractivity contribution in [1.82, 2.24) is 14.9 Å². The zero-order chi connectivity index (χ0) is 42.4. The number of amides is 1. The maximum Gasteiger partial charge on any atom is 0.312 e. The summed E-state index contributed by atoms with van der Waals surface area (Å²) < 4.78 is 29.0. The minimum Gasteiger partial charge on any atom is -0.488 e. The van der Waals surface area contributed by atoms with Crippen LogP contribution in [0.25, 0.3) is 22.3 Å². The SMILES string of the molecule is C=C[C@@H]1CC1(CC(=O)[C@@H]1C[C@@H](Oc2cc(-c3coc(NC(C)C)n3)nc3c(Cl)c(OCC=O)ccc23)CN1C(=O)[C@@H](CC(=O)OC1C[C@@H]2C[C@@H]2C1)C(C)(C)C)C(=O)OC. The highest BCUT2D eigenvalue weighted by Gasteiger charge is 2.61. The lowest BCUT2D eigenvalue weighted by Gasteiger charge is -2.35. The van der Waals surface area contributed by atoms with Crippen LogP contribution in [0.5, 0.6) is 11.5 Å². The average Bonchev–Trinajstić information content (AvgIpc) is 3.85. The summed E-state index contributed by atoms with van der Waals surface area (Å²) in [5, 5.41) is 3.77. The summed E-state index contributed by atoms with van der Waals surface area (Å²) in [6.07, 6.45) is 6.00. The summed E-state index contributed by atoms with van der Waals surface area (Å²) in [4.78, 5) is 77.8. The van der Waals surface area contributed by atoms with Gasteiger partial charge in [0.1, 0.15) is 47.3 Å². The Bertz CT molecular complexity index is 2140. The smallest absolute Gasteiger partial charge is 0.312 e.